The molecule has 1 aliphatic rings. The second-order valence-electron chi connectivity index (χ2n) is 6.34. The number of aldehydes is 1. The Kier molecular flexibility index (Phi) is 3.33. The minimum atomic E-state index is 0.0348. The van der Waals surface area contributed by atoms with Crippen molar-refractivity contribution in [1.82, 2.24) is 19.5 Å². The SMILES string of the molecule is Cc1nc2c(nc1C)C(n1c(N)nc3cc(C=O)ccc31)CCC2. The molecule has 1 aromatic carbocycles. The second-order valence-corrected chi connectivity index (χ2v) is 6.34. The fourth-order valence-corrected chi connectivity index (χ4v) is 3.50. The Labute approximate surface area is 139 Å². The van der Waals surface area contributed by atoms with Gasteiger partial charge < -0.3 is 10.3 Å². The molecule has 6 heteroatoms. The summed E-state index contributed by atoms with van der Waals surface area (Å²) in [5, 5.41) is 0. The van der Waals surface area contributed by atoms with E-state index in [1.165, 1.54) is 0 Å². The van der Waals surface area contributed by atoms with Crippen LogP contribution in [-0.4, -0.2) is 25.8 Å². The molecule has 1 aliphatic carbocycles. The summed E-state index contributed by atoms with van der Waals surface area (Å²) in [6.07, 6.45) is 3.76. The van der Waals surface area contributed by atoms with Crippen LogP contribution in [0.15, 0.2) is 18.2 Å². The summed E-state index contributed by atoms with van der Waals surface area (Å²) >= 11 is 0. The summed E-state index contributed by atoms with van der Waals surface area (Å²) in [7, 11) is 0. The number of hydrogen-bond donors (Lipinski definition) is 1. The van der Waals surface area contributed by atoms with Crippen molar-refractivity contribution >= 4 is 23.3 Å². The van der Waals surface area contributed by atoms with Crippen LogP contribution in [0.1, 0.15) is 52.0 Å². The first kappa shape index (κ1) is 14.8. The summed E-state index contributed by atoms with van der Waals surface area (Å²) in [4.78, 5) is 25.0. The molecule has 24 heavy (non-hydrogen) atoms. The molecule has 3 aromatic rings. The van der Waals surface area contributed by atoms with Crippen LogP contribution >= 0.6 is 0 Å². The second kappa shape index (κ2) is 5.40. The molecular formula is C18H19N5O. The molecule has 122 valence electrons. The smallest absolute Gasteiger partial charge is 0.201 e. The maximum atomic E-state index is 11.0. The number of nitrogens with zero attached hydrogens (tertiary/aromatic N) is 4. The van der Waals surface area contributed by atoms with Gasteiger partial charge in [0.05, 0.1) is 39.9 Å². The molecule has 0 bridgehead atoms. The molecule has 4 rings (SSSR count). The van der Waals surface area contributed by atoms with Gasteiger partial charge in [0, 0.05) is 5.56 Å². The number of fused-ring (bicyclic) bond motifs is 2. The van der Waals surface area contributed by atoms with Crippen molar-refractivity contribution in [2.24, 2.45) is 0 Å². The van der Waals surface area contributed by atoms with Crippen molar-refractivity contribution in [3.63, 3.8) is 0 Å². The number of carbonyl (C=O) groups is 1. The molecule has 0 saturated heterocycles. The van der Waals surface area contributed by atoms with Crippen molar-refractivity contribution in [2.45, 2.75) is 39.2 Å². The molecule has 0 saturated carbocycles. The predicted octanol–water partition coefficient (Wildman–Crippen LogP) is 2.76. The van der Waals surface area contributed by atoms with Gasteiger partial charge in [-0.25, -0.2) is 4.98 Å². The Bertz CT molecular complexity index is 960. The lowest BCUT2D eigenvalue weighted by atomic mass is 9.94. The molecule has 0 fully saturated rings. The number of nitrogens with two attached hydrogens (primary N) is 1. The topological polar surface area (TPSA) is 86.7 Å². The van der Waals surface area contributed by atoms with E-state index in [-0.39, 0.29) is 6.04 Å². The van der Waals surface area contributed by atoms with Crippen LogP contribution in [0, 0.1) is 13.8 Å². The molecule has 0 radical (unpaired) electrons. The van der Waals surface area contributed by atoms with Crippen molar-refractivity contribution in [3.05, 3.63) is 46.5 Å². The summed E-state index contributed by atoms with van der Waals surface area (Å²) in [5.41, 5.74) is 12.5. The standard InChI is InChI=1S/C18H19N5O/c1-10-11(2)21-17-13(20-10)4-3-5-16(17)23-15-7-6-12(9-24)8-14(15)22-18(23)19/h6-9,16H,3-5H2,1-2H3,(H2,19,22). The van der Waals surface area contributed by atoms with Gasteiger partial charge in [-0.2, -0.15) is 0 Å². The lowest BCUT2D eigenvalue weighted by molar-refractivity contribution is 0.112. The van der Waals surface area contributed by atoms with Gasteiger partial charge >= 0.3 is 0 Å². The Morgan fingerprint density at radius 3 is 2.79 bits per heavy atom. The molecule has 1 atom stereocenters. The predicted molar refractivity (Wildman–Crippen MR) is 92.1 cm³/mol. The van der Waals surface area contributed by atoms with Gasteiger partial charge in [0.2, 0.25) is 5.95 Å². The van der Waals surface area contributed by atoms with Gasteiger partial charge in [0.1, 0.15) is 6.29 Å². The third-order valence-corrected chi connectivity index (χ3v) is 4.81. The number of anilines is 1. The summed E-state index contributed by atoms with van der Waals surface area (Å²) < 4.78 is 2.03. The van der Waals surface area contributed by atoms with Crippen molar-refractivity contribution in [3.8, 4) is 0 Å². The third kappa shape index (κ3) is 2.18. The maximum Gasteiger partial charge on any atom is 0.201 e. The highest BCUT2D eigenvalue weighted by atomic mass is 16.1. The van der Waals surface area contributed by atoms with E-state index in [2.05, 4.69) is 4.98 Å². The number of aromatic nitrogens is 4. The Hall–Kier alpha value is -2.76. The first-order valence-corrected chi connectivity index (χ1v) is 8.15. The highest BCUT2D eigenvalue weighted by Crippen LogP contribution is 2.35. The van der Waals surface area contributed by atoms with Gasteiger partial charge in [-0.15, -0.1) is 0 Å². The van der Waals surface area contributed by atoms with Crippen molar-refractivity contribution < 1.29 is 4.79 Å². The first-order chi connectivity index (χ1) is 11.6. The number of benzene rings is 1. The van der Waals surface area contributed by atoms with Crippen LogP contribution in [0.5, 0.6) is 0 Å². The van der Waals surface area contributed by atoms with E-state index >= 15 is 0 Å². The van der Waals surface area contributed by atoms with E-state index in [4.69, 9.17) is 15.7 Å². The molecule has 2 heterocycles. The van der Waals surface area contributed by atoms with Gasteiger partial charge in [0.25, 0.3) is 0 Å². The van der Waals surface area contributed by atoms with Gasteiger partial charge in [-0.05, 0) is 51.3 Å². The van der Waals surface area contributed by atoms with Gasteiger partial charge in [-0.3, -0.25) is 14.8 Å². The third-order valence-electron chi connectivity index (χ3n) is 4.81. The van der Waals surface area contributed by atoms with Crippen molar-refractivity contribution in [2.75, 3.05) is 5.73 Å². The Morgan fingerprint density at radius 1 is 1.21 bits per heavy atom. The van der Waals surface area contributed by atoms with E-state index in [1.807, 2.05) is 24.5 Å². The molecule has 6 nitrogen and oxygen atoms in total. The monoisotopic (exact) mass is 321 g/mol. The van der Waals surface area contributed by atoms with E-state index in [1.54, 1.807) is 12.1 Å². The van der Waals surface area contributed by atoms with Crippen LogP contribution in [0.25, 0.3) is 11.0 Å². The van der Waals surface area contributed by atoms with Crippen LogP contribution < -0.4 is 5.73 Å². The first-order valence-electron chi connectivity index (χ1n) is 8.15. The fraction of sp³-hybridized carbons (Fsp3) is 0.333. The van der Waals surface area contributed by atoms with E-state index in [0.29, 0.717) is 11.5 Å². The lowest BCUT2D eigenvalue weighted by Crippen LogP contribution is -2.22. The highest BCUT2D eigenvalue weighted by Gasteiger charge is 2.28. The number of imidazole rings is 1. The molecule has 2 N–H and O–H groups in total. The van der Waals surface area contributed by atoms with E-state index < -0.39 is 0 Å². The molecule has 1 unspecified atom stereocenters. The summed E-state index contributed by atoms with van der Waals surface area (Å²) in [5.74, 6) is 0.450. The molecule has 0 spiro atoms. The van der Waals surface area contributed by atoms with Crippen LogP contribution in [0.3, 0.4) is 0 Å². The summed E-state index contributed by atoms with van der Waals surface area (Å²) in [6, 6.07) is 5.51. The zero-order valence-electron chi connectivity index (χ0n) is 13.8. The maximum absolute atomic E-state index is 11.0. The Morgan fingerprint density at radius 2 is 2.00 bits per heavy atom. The van der Waals surface area contributed by atoms with E-state index in [0.717, 1.165) is 59.4 Å². The number of nitrogen functional groups attached to an aromatic ring is 1. The Balaban J connectivity index is 1.92. The molecule has 2 aromatic heterocycles. The minimum Gasteiger partial charge on any atom is -0.369 e. The lowest BCUT2D eigenvalue weighted by Gasteiger charge is -2.27. The van der Waals surface area contributed by atoms with Crippen LogP contribution in [-0.2, 0) is 6.42 Å². The zero-order valence-corrected chi connectivity index (χ0v) is 13.8. The normalized spacial score (nSPS) is 17.0. The number of rotatable bonds is 2. The molecule has 0 aliphatic heterocycles. The quantitative estimate of drug-likeness (QED) is 0.733. The van der Waals surface area contributed by atoms with Gasteiger partial charge in [0.15, 0.2) is 0 Å². The number of carbonyl (C=O) groups excluding carboxylic acids is 1. The van der Waals surface area contributed by atoms with E-state index in [9.17, 15) is 4.79 Å². The minimum absolute atomic E-state index is 0.0348. The summed E-state index contributed by atoms with van der Waals surface area (Å²) in [6.45, 7) is 3.98. The fourth-order valence-electron chi connectivity index (χ4n) is 3.50. The highest BCUT2D eigenvalue weighted by molar-refractivity contribution is 5.86. The average molecular weight is 321 g/mol. The molecular weight excluding hydrogens is 302 g/mol. The zero-order chi connectivity index (χ0) is 16.8. The largest absolute Gasteiger partial charge is 0.369 e. The molecule has 0 amide bonds. The van der Waals surface area contributed by atoms with Crippen LogP contribution in [0.4, 0.5) is 5.95 Å². The average Bonchev–Trinajstić information content (AvgIpc) is 2.90. The van der Waals surface area contributed by atoms with Gasteiger partial charge in [-0.1, -0.05) is 0 Å². The number of hydrogen-bond acceptors (Lipinski definition) is 5. The number of aryl methyl sites for hydroxylation is 3. The van der Waals surface area contributed by atoms with Crippen LogP contribution in [0.2, 0.25) is 0 Å². The van der Waals surface area contributed by atoms with Crippen molar-refractivity contribution in [1.29, 1.82) is 0 Å².